The normalized spacial score (nSPS) is 14.8. The first-order valence-electron chi connectivity index (χ1n) is 7.62. The molecule has 9 heteroatoms. The van der Waals surface area contributed by atoms with E-state index in [4.69, 9.17) is 0 Å². The van der Waals surface area contributed by atoms with E-state index >= 15 is 0 Å². The summed E-state index contributed by atoms with van der Waals surface area (Å²) in [4.78, 5) is 4.01. The minimum atomic E-state index is -5.75. The predicted octanol–water partition coefficient (Wildman–Crippen LogP) is 5.30. The number of pyridine rings is 1. The van der Waals surface area contributed by atoms with Crippen LogP contribution in [-0.4, -0.2) is 17.3 Å². The first-order chi connectivity index (χ1) is 12.6. The van der Waals surface area contributed by atoms with Crippen molar-refractivity contribution in [1.82, 2.24) is 4.98 Å². The maximum absolute atomic E-state index is 14.2. The molecule has 0 saturated carbocycles. The van der Waals surface area contributed by atoms with Crippen LogP contribution < -0.4 is 0 Å². The molecule has 0 unspecified atom stereocenters. The molecule has 1 heterocycles. The van der Waals surface area contributed by atoms with Crippen molar-refractivity contribution >= 4 is 10.8 Å². The van der Waals surface area contributed by atoms with Gasteiger partial charge in [-0.15, -0.1) is 23.8 Å². The molecule has 1 radical (unpaired) electrons. The van der Waals surface area contributed by atoms with Gasteiger partial charge in [0.25, 0.3) is 0 Å². The molecular formula is C19H7F6IrN2-. The van der Waals surface area contributed by atoms with Gasteiger partial charge in [0.05, 0.1) is 6.07 Å². The summed E-state index contributed by atoms with van der Waals surface area (Å²) in [6, 6.07) is 10.6. The predicted molar refractivity (Wildman–Crippen MR) is 83.6 cm³/mol. The molecule has 0 N–H and O–H groups in total. The van der Waals surface area contributed by atoms with Gasteiger partial charge in [-0.3, -0.25) is 0 Å². The van der Waals surface area contributed by atoms with Crippen molar-refractivity contribution in [2.75, 3.05) is 0 Å². The molecule has 145 valence electrons. The van der Waals surface area contributed by atoms with Crippen LogP contribution in [0.2, 0.25) is 0 Å². The number of benzene rings is 2. The van der Waals surface area contributed by atoms with Crippen LogP contribution in [0.1, 0.15) is 16.7 Å². The molecule has 1 aliphatic rings. The summed E-state index contributed by atoms with van der Waals surface area (Å²) in [5.41, 5.74) is -7.75. The molecule has 0 bridgehead atoms. The first-order valence-corrected chi connectivity index (χ1v) is 7.62. The number of hydrogen-bond acceptors (Lipinski definition) is 2. The molecule has 1 aliphatic carbocycles. The fourth-order valence-corrected chi connectivity index (χ4v) is 3.78. The van der Waals surface area contributed by atoms with Crippen molar-refractivity contribution in [2.24, 2.45) is 0 Å². The molecule has 0 spiro atoms. The van der Waals surface area contributed by atoms with E-state index in [0.717, 1.165) is 24.3 Å². The summed E-state index contributed by atoms with van der Waals surface area (Å²) < 4.78 is 85.5. The van der Waals surface area contributed by atoms with Gasteiger partial charge in [0.1, 0.15) is 0 Å². The topological polar surface area (TPSA) is 36.7 Å². The Kier molecular flexibility index (Phi) is 4.56. The van der Waals surface area contributed by atoms with Crippen LogP contribution in [0.5, 0.6) is 0 Å². The van der Waals surface area contributed by atoms with Crippen LogP contribution >= 0.6 is 0 Å². The molecule has 2 nitrogen and oxygen atoms in total. The summed E-state index contributed by atoms with van der Waals surface area (Å²) in [6.07, 6.45) is -10.2. The van der Waals surface area contributed by atoms with Crippen molar-refractivity contribution in [3.63, 3.8) is 0 Å². The number of fused-ring (bicyclic) bond motifs is 2. The number of hydrogen-bond donors (Lipinski definition) is 0. The van der Waals surface area contributed by atoms with Gasteiger partial charge in [0.2, 0.25) is 0 Å². The molecule has 28 heavy (non-hydrogen) atoms. The molecule has 0 aliphatic heterocycles. The third-order valence-electron chi connectivity index (χ3n) is 4.77. The molecular weight excluding hydrogens is 562 g/mol. The number of nitrogens with zero attached hydrogens (tertiary/aromatic N) is 2. The molecule has 3 aromatic rings. The number of rotatable bonds is 0. The largest absolute Gasteiger partial charge is 0.403 e. The van der Waals surface area contributed by atoms with Crippen LogP contribution in [0.3, 0.4) is 0 Å². The van der Waals surface area contributed by atoms with Crippen molar-refractivity contribution in [3.8, 4) is 17.3 Å². The van der Waals surface area contributed by atoms with E-state index < -0.39 is 40.0 Å². The van der Waals surface area contributed by atoms with Crippen LogP contribution in [0.15, 0.2) is 42.6 Å². The maximum atomic E-state index is 14.2. The van der Waals surface area contributed by atoms with E-state index in [1.54, 1.807) is 0 Å². The fraction of sp³-hybridized carbons (Fsp3) is 0.158. The third kappa shape index (κ3) is 2.34. The van der Waals surface area contributed by atoms with E-state index in [2.05, 4.69) is 11.1 Å². The van der Waals surface area contributed by atoms with Gasteiger partial charge in [-0.25, -0.2) is 0 Å². The van der Waals surface area contributed by atoms with Gasteiger partial charge in [-0.1, -0.05) is 23.8 Å². The van der Waals surface area contributed by atoms with E-state index in [0.29, 0.717) is 0 Å². The minimum Gasteiger partial charge on any atom is -0.304 e. The van der Waals surface area contributed by atoms with E-state index in [1.165, 1.54) is 24.4 Å². The Balaban J connectivity index is 0.00000225. The standard InChI is InChI=1S/C19H7F6N2.Ir/c20-18(21,22)17(19(23,24)25)13-6-2-3-10-7-8-27-16(14(10)13)12-5-1-4-11(9-26)15(12)17;/h1-4,6-8H;/q-1;. The second-order valence-electron chi connectivity index (χ2n) is 6.06. The fourth-order valence-electron chi connectivity index (χ4n) is 3.78. The molecule has 0 amide bonds. The zero-order valence-corrected chi connectivity index (χ0v) is 15.9. The summed E-state index contributed by atoms with van der Waals surface area (Å²) in [6.45, 7) is 0. The second kappa shape index (κ2) is 6.29. The van der Waals surface area contributed by atoms with E-state index in [9.17, 15) is 31.6 Å². The Morgan fingerprint density at radius 2 is 1.68 bits per heavy atom. The van der Waals surface area contributed by atoms with E-state index in [1.807, 2.05) is 0 Å². The van der Waals surface area contributed by atoms with E-state index in [-0.39, 0.29) is 36.6 Å². The van der Waals surface area contributed by atoms with Gasteiger partial charge in [0, 0.05) is 26.3 Å². The van der Waals surface area contributed by atoms with Crippen LogP contribution in [0.4, 0.5) is 26.3 Å². The SMILES string of the molecule is N#Cc1cc[c-]c2c1C(C(F)(F)F)(C(F)(F)F)c1cccc3ccnc-2c13.[Ir]. The molecule has 1 aromatic heterocycles. The second-order valence-corrected chi connectivity index (χ2v) is 6.06. The third-order valence-corrected chi connectivity index (χ3v) is 4.77. The first kappa shape index (κ1) is 20.3. The van der Waals surface area contributed by atoms with Gasteiger partial charge < -0.3 is 4.98 Å². The Labute approximate surface area is 168 Å². The monoisotopic (exact) mass is 570 g/mol. The molecule has 0 atom stereocenters. The Hall–Kier alpha value is -2.43. The summed E-state index contributed by atoms with van der Waals surface area (Å²) in [5.74, 6) is 0. The van der Waals surface area contributed by atoms with Crippen LogP contribution in [0.25, 0.3) is 22.0 Å². The van der Waals surface area contributed by atoms with Gasteiger partial charge in [0.15, 0.2) is 5.41 Å². The summed E-state index contributed by atoms with van der Waals surface area (Å²) in [7, 11) is 0. The van der Waals surface area contributed by atoms with Crippen molar-refractivity contribution in [3.05, 3.63) is 65.4 Å². The smallest absolute Gasteiger partial charge is 0.304 e. The quantitative estimate of drug-likeness (QED) is 0.273. The molecule has 4 rings (SSSR count). The number of alkyl halides is 6. The maximum Gasteiger partial charge on any atom is 0.403 e. The average Bonchev–Trinajstić information content (AvgIpc) is 2.59. The van der Waals surface area contributed by atoms with Crippen molar-refractivity contribution in [1.29, 1.82) is 5.26 Å². The minimum absolute atomic E-state index is 0. The van der Waals surface area contributed by atoms with Gasteiger partial charge in [-0.2, -0.15) is 31.6 Å². The Morgan fingerprint density at radius 3 is 2.29 bits per heavy atom. The summed E-state index contributed by atoms with van der Waals surface area (Å²) >= 11 is 0. The zero-order chi connectivity index (χ0) is 19.6. The van der Waals surface area contributed by atoms with Crippen molar-refractivity contribution < 1.29 is 46.4 Å². The number of aromatic nitrogens is 1. The number of nitriles is 1. The van der Waals surface area contributed by atoms with Crippen molar-refractivity contribution in [2.45, 2.75) is 17.8 Å². The van der Waals surface area contributed by atoms with Crippen LogP contribution in [-0.2, 0) is 25.5 Å². The number of halogens is 6. The van der Waals surface area contributed by atoms with Gasteiger partial charge >= 0.3 is 12.4 Å². The van der Waals surface area contributed by atoms with Gasteiger partial charge in [-0.05, 0) is 33.7 Å². The molecule has 2 aromatic carbocycles. The molecule has 0 saturated heterocycles. The summed E-state index contributed by atoms with van der Waals surface area (Å²) in [5, 5.41) is 9.23. The molecule has 0 fully saturated rings. The Bertz CT molecular complexity index is 1110. The zero-order valence-electron chi connectivity index (χ0n) is 13.5. The van der Waals surface area contributed by atoms with Crippen LogP contribution in [0, 0.1) is 17.4 Å². The Morgan fingerprint density at radius 1 is 1.00 bits per heavy atom. The average molecular weight is 569 g/mol.